The maximum Gasteiger partial charge on any atom is 0.416 e. The van der Waals surface area contributed by atoms with Crippen LogP contribution in [0.4, 0.5) is 18.9 Å². The Labute approximate surface area is 124 Å². The molecule has 3 atom stereocenters. The topological polar surface area (TPSA) is 15.3 Å². The summed E-state index contributed by atoms with van der Waals surface area (Å²) in [5.74, 6) is 1.18. The Hall–Kier alpha value is -0.750. The minimum absolute atomic E-state index is 0.350. The molecule has 1 aromatic rings. The smallest absolute Gasteiger partial charge is 0.367 e. The molecule has 1 N–H and O–H groups in total. The number of alkyl halides is 3. The van der Waals surface area contributed by atoms with Crippen LogP contribution in [-0.2, 0) is 6.18 Å². The summed E-state index contributed by atoms with van der Waals surface area (Å²) in [6.45, 7) is 5.06. The van der Waals surface area contributed by atoms with E-state index in [1.807, 2.05) is 0 Å². The van der Waals surface area contributed by atoms with Crippen molar-refractivity contribution < 1.29 is 13.2 Å². The second kappa shape index (κ2) is 4.91. The number of nitrogens with one attached hydrogen (secondary N) is 1. The van der Waals surface area contributed by atoms with Crippen molar-refractivity contribution in [2.45, 2.75) is 19.1 Å². The molecule has 3 unspecified atom stereocenters. The lowest BCUT2D eigenvalue weighted by molar-refractivity contribution is -0.137. The maximum absolute atomic E-state index is 12.7. The van der Waals surface area contributed by atoms with Gasteiger partial charge in [0.05, 0.1) is 11.3 Å². The van der Waals surface area contributed by atoms with E-state index in [1.54, 1.807) is 6.07 Å². The second-order valence-electron chi connectivity index (χ2n) is 5.64. The van der Waals surface area contributed by atoms with E-state index >= 15 is 0 Å². The molecule has 20 heavy (non-hydrogen) atoms. The standard InChI is InChI=1S/C14H16BrF3N2/c1-8-11-6-19-5-9(11)7-20(8)13-3-2-10(4-12(13)15)14(16,17)18/h2-4,8-9,11,19H,5-7H2,1H3. The van der Waals surface area contributed by atoms with Gasteiger partial charge in [-0.05, 0) is 52.9 Å². The van der Waals surface area contributed by atoms with E-state index in [4.69, 9.17) is 0 Å². The fourth-order valence-corrected chi connectivity index (χ4v) is 4.01. The minimum atomic E-state index is -4.29. The van der Waals surface area contributed by atoms with E-state index in [1.165, 1.54) is 12.1 Å². The molecule has 1 aromatic carbocycles. The van der Waals surface area contributed by atoms with Crippen molar-refractivity contribution in [3.05, 3.63) is 28.2 Å². The summed E-state index contributed by atoms with van der Waals surface area (Å²) in [7, 11) is 0. The van der Waals surface area contributed by atoms with Crippen LogP contribution in [0.3, 0.4) is 0 Å². The van der Waals surface area contributed by atoms with Crippen molar-refractivity contribution in [2.24, 2.45) is 11.8 Å². The van der Waals surface area contributed by atoms with E-state index in [0.29, 0.717) is 22.4 Å². The number of rotatable bonds is 1. The molecule has 0 radical (unpaired) electrons. The Kier molecular flexibility index (Phi) is 3.49. The van der Waals surface area contributed by atoms with Crippen molar-refractivity contribution in [1.82, 2.24) is 5.32 Å². The number of anilines is 1. The average molecular weight is 349 g/mol. The van der Waals surface area contributed by atoms with Gasteiger partial charge in [0.1, 0.15) is 0 Å². The lowest BCUT2D eigenvalue weighted by atomic mass is 9.95. The zero-order valence-electron chi connectivity index (χ0n) is 11.0. The normalized spacial score (nSPS) is 29.9. The molecule has 0 bridgehead atoms. The van der Waals surface area contributed by atoms with Gasteiger partial charge in [-0.25, -0.2) is 0 Å². The van der Waals surface area contributed by atoms with E-state index < -0.39 is 11.7 Å². The van der Waals surface area contributed by atoms with Gasteiger partial charge >= 0.3 is 6.18 Å². The van der Waals surface area contributed by atoms with Crippen molar-refractivity contribution in [3.8, 4) is 0 Å². The van der Waals surface area contributed by atoms with Crippen LogP contribution in [0, 0.1) is 11.8 Å². The molecule has 0 amide bonds. The molecule has 6 heteroatoms. The maximum atomic E-state index is 12.7. The first-order chi connectivity index (χ1) is 9.38. The third-order valence-electron chi connectivity index (χ3n) is 4.52. The van der Waals surface area contributed by atoms with Gasteiger partial charge in [0.25, 0.3) is 0 Å². The molecule has 0 aliphatic carbocycles. The summed E-state index contributed by atoms with van der Waals surface area (Å²) in [5.41, 5.74) is 0.252. The third kappa shape index (κ3) is 2.33. The highest BCUT2D eigenvalue weighted by Crippen LogP contribution is 2.41. The van der Waals surface area contributed by atoms with Crippen molar-refractivity contribution in [1.29, 1.82) is 0 Å². The molecule has 2 fully saturated rings. The second-order valence-corrected chi connectivity index (χ2v) is 6.49. The zero-order chi connectivity index (χ0) is 14.5. The number of hydrogen-bond acceptors (Lipinski definition) is 2. The minimum Gasteiger partial charge on any atom is -0.367 e. The first kappa shape index (κ1) is 14.2. The summed E-state index contributed by atoms with van der Waals surface area (Å²) in [4.78, 5) is 2.22. The fourth-order valence-electron chi connectivity index (χ4n) is 3.40. The largest absolute Gasteiger partial charge is 0.416 e. The van der Waals surface area contributed by atoms with Crippen LogP contribution in [0.15, 0.2) is 22.7 Å². The highest BCUT2D eigenvalue weighted by atomic mass is 79.9. The molecule has 2 aliphatic rings. The van der Waals surface area contributed by atoms with Crippen LogP contribution >= 0.6 is 15.9 Å². The predicted molar refractivity (Wildman–Crippen MR) is 75.8 cm³/mol. The van der Waals surface area contributed by atoms with E-state index in [0.717, 1.165) is 25.3 Å². The summed E-state index contributed by atoms with van der Waals surface area (Å²) in [6, 6.07) is 4.27. The first-order valence-corrected chi connectivity index (χ1v) is 7.51. The molecule has 0 aromatic heterocycles. The molecule has 110 valence electrons. The van der Waals surface area contributed by atoms with E-state index in [2.05, 4.69) is 33.1 Å². The van der Waals surface area contributed by atoms with Gasteiger partial charge in [-0.15, -0.1) is 0 Å². The highest BCUT2D eigenvalue weighted by molar-refractivity contribution is 9.10. The van der Waals surface area contributed by atoms with E-state index in [-0.39, 0.29) is 0 Å². The number of hydrogen-bond donors (Lipinski definition) is 1. The molecule has 2 aliphatic heterocycles. The molecular formula is C14H16BrF3N2. The lowest BCUT2D eigenvalue weighted by Crippen LogP contribution is -2.33. The molecule has 2 saturated heterocycles. The molecule has 0 spiro atoms. The van der Waals surface area contributed by atoms with Gasteiger partial charge in [-0.2, -0.15) is 13.2 Å². The number of nitrogens with zero attached hydrogens (tertiary/aromatic N) is 1. The van der Waals surface area contributed by atoms with Crippen molar-refractivity contribution in [2.75, 3.05) is 24.5 Å². The SMILES string of the molecule is CC1C2CNCC2CN1c1ccc(C(F)(F)F)cc1Br. The first-order valence-electron chi connectivity index (χ1n) is 6.72. The predicted octanol–water partition coefficient (Wildman–Crippen LogP) is 3.51. The lowest BCUT2D eigenvalue weighted by Gasteiger charge is -2.28. The van der Waals surface area contributed by atoms with Crippen molar-refractivity contribution >= 4 is 21.6 Å². The Morgan fingerprint density at radius 1 is 1.30 bits per heavy atom. The van der Waals surface area contributed by atoms with Gasteiger partial charge < -0.3 is 10.2 Å². The van der Waals surface area contributed by atoms with Crippen LogP contribution in [0.5, 0.6) is 0 Å². The third-order valence-corrected chi connectivity index (χ3v) is 5.15. The summed E-state index contributed by atoms with van der Waals surface area (Å²) in [5, 5.41) is 3.38. The zero-order valence-corrected chi connectivity index (χ0v) is 12.6. The van der Waals surface area contributed by atoms with Gasteiger partial charge in [-0.3, -0.25) is 0 Å². The van der Waals surface area contributed by atoms with Crippen LogP contribution < -0.4 is 10.2 Å². The van der Waals surface area contributed by atoms with Crippen molar-refractivity contribution in [3.63, 3.8) is 0 Å². The molecule has 0 saturated carbocycles. The molecular weight excluding hydrogens is 333 g/mol. The number of fused-ring (bicyclic) bond motifs is 1. The molecule has 2 nitrogen and oxygen atoms in total. The van der Waals surface area contributed by atoms with Gasteiger partial charge in [0.15, 0.2) is 0 Å². The van der Waals surface area contributed by atoms with Crippen LogP contribution in [0.1, 0.15) is 12.5 Å². The molecule has 2 heterocycles. The number of benzene rings is 1. The summed E-state index contributed by atoms with van der Waals surface area (Å²) < 4.78 is 38.6. The average Bonchev–Trinajstić information content (AvgIpc) is 2.92. The molecule has 3 rings (SSSR count). The Morgan fingerprint density at radius 2 is 2.05 bits per heavy atom. The van der Waals surface area contributed by atoms with Crippen LogP contribution in [0.2, 0.25) is 0 Å². The van der Waals surface area contributed by atoms with Gasteiger partial charge in [0.2, 0.25) is 0 Å². The monoisotopic (exact) mass is 348 g/mol. The van der Waals surface area contributed by atoms with E-state index in [9.17, 15) is 13.2 Å². The van der Waals surface area contributed by atoms with Crippen LogP contribution in [0.25, 0.3) is 0 Å². The highest BCUT2D eigenvalue weighted by Gasteiger charge is 2.42. The van der Waals surface area contributed by atoms with Gasteiger partial charge in [0, 0.05) is 30.1 Å². The number of halogens is 4. The Bertz CT molecular complexity index is 518. The summed E-state index contributed by atoms with van der Waals surface area (Å²) >= 11 is 3.30. The fraction of sp³-hybridized carbons (Fsp3) is 0.571. The summed E-state index contributed by atoms with van der Waals surface area (Å²) in [6.07, 6.45) is -4.29. The van der Waals surface area contributed by atoms with Crippen LogP contribution in [-0.4, -0.2) is 25.7 Å². The quantitative estimate of drug-likeness (QED) is 0.835. The Balaban J connectivity index is 1.88. The Morgan fingerprint density at radius 3 is 2.65 bits per heavy atom. The van der Waals surface area contributed by atoms with Gasteiger partial charge in [-0.1, -0.05) is 0 Å².